The molecule has 0 saturated carbocycles. The van der Waals surface area contributed by atoms with E-state index in [0.29, 0.717) is 0 Å². The molecule has 136 valence electrons. The molecular formula is C19H24N6O. The average molecular weight is 352 g/mol. The molecule has 1 unspecified atom stereocenters. The van der Waals surface area contributed by atoms with E-state index >= 15 is 0 Å². The third-order valence-corrected chi connectivity index (χ3v) is 4.68. The molecule has 1 aromatic carbocycles. The number of aryl methyl sites for hydroxylation is 1. The first-order valence-electron chi connectivity index (χ1n) is 8.55. The minimum Gasteiger partial charge on any atom is -0.322 e. The first kappa shape index (κ1) is 17.9. The molecular weight excluding hydrogens is 328 g/mol. The Balaban J connectivity index is 1.62. The molecule has 7 heteroatoms. The molecule has 3 rings (SSSR count). The first-order valence-corrected chi connectivity index (χ1v) is 8.55. The Morgan fingerprint density at radius 1 is 1.35 bits per heavy atom. The summed E-state index contributed by atoms with van der Waals surface area (Å²) in [5.41, 5.74) is 4.60. The third-order valence-electron chi connectivity index (χ3n) is 4.68. The maximum absolute atomic E-state index is 12.3. The summed E-state index contributed by atoms with van der Waals surface area (Å²) in [7, 11) is 3.77. The monoisotopic (exact) mass is 352 g/mol. The smallest absolute Gasteiger partial charge is 0.238 e. The number of benzene rings is 1. The number of hydrogen-bond acceptors (Lipinski definition) is 4. The number of carbonyl (C=O) groups is 1. The van der Waals surface area contributed by atoms with Crippen LogP contribution in [0.5, 0.6) is 0 Å². The minimum absolute atomic E-state index is 0.0284. The van der Waals surface area contributed by atoms with Gasteiger partial charge >= 0.3 is 0 Å². The topological polar surface area (TPSA) is 78.8 Å². The van der Waals surface area contributed by atoms with Crippen molar-refractivity contribution in [3.63, 3.8) is 0 Å². The standard InChI is InChI=1S/C19H24N6O/c1-13(16-10-17(23-22-16)15-8-6-5-7-9-15)24(3)12-19(26)21-18-11-20-25(4)14(18)2/h5-11,13H,12H2,1-4H3,(H,21,26)(H,22,23). The van der Waals surface area contributed by atoms with E-state index in [1.54, 1.807) is 10.9 Å². The van der Waals surface area contributed by atoms with Gasteiger partial charge in [0.05, 0.1) is 35.5 Å². The van der Waals surface area contributed by atoms with Crippen LogP contribution in [0.15, 0.2) is 42.6 Å². The number of rotatable bonds is 6. The van der Waals surface area contributed by atoms with Crippen molar-refractivity contribution in [2.45, 2.75) is 19.9 Å². The zero-order valence-electron chi connectivity index (χ0n) is 15.5. The lowest BCUT2D eigenvalue weighted by atomic mass is 10.1. The summed E-state index contributed by atoms with van der Waals surface area (Å²) >= 11 is 0. The summed E-state index contributed by atoms with van der Waals surface area (Å²) in [6, 6.07) is 12.1. The number of nitrogens with one attached hydrogen (secondary N) is 2. The van der Waals surface area contributed by atoms with Gasteiger partial charge in [-0.25, -0.2) is 0 Å². The number of aromatic nitrogens is 4. The molecule has 0 aliphatic rings. The number of anilines is 1. The number of amides is 1. The average Bonchev–Trinajstić information content (AvgIpc) is 3.24. The highest BCUT2D eigenvalue weighted by Crippen LogP contribution is 2.23. The van der Waals surface area contributed by atoms with Crippen molar-refractivity contribution in [3.05, 3.63) is 54.0 Å². The van der Waals surface area contributed by atoms with Gasteiger partial charge in [0.1, 0.15) is 0 Å². The highest BCUT2D eigenvalue weighted by atomic mass is 16.2. The molecule has 3 aromatic rings. The van der Waals surface area contributed by atoms with E-state index in [-0.39, 0.29) is 18.5 Å². The molecule has 1 atom stereocenters. The van der Waals surface area contributed by atoms with Crippen molar-refractivity contribution in [3.8, 4) is 11.3 Å². The van der Waals surface area contributed by atoms with Gasteiger partial charge in [-0.1, -0.05) is 30.3 Å². The fourth-order valence-corrected chi connectivity index (χ4v) is 2.72. The van der Waals surface area contributed by atoms with Crippen molar-refractivity contribution in [2.75, 3.05) is 18.9 Å². The first-order chi connectivity index (χ1) is 12.5. The molecule has 2 N–H and O–H groups in total. The Labute approximate surface area is 153 Å². The molecule has 0 aliphatic carbocycles. The highest BCUT2D eigenvalue weighted by Gasteiger charge is 2.18. The van der Waals surface area contributed by atoms with Crippen molar-refractivity contribution < 1.29 is 4.79 Å². The van der Waals surface area contributed by atoms with Gasteiger partial charge in [0.15, 0.2) is 0 Å². The van der Waals surface area contributed by atoms with Gasteiger partial charge in [0.25, 0.3) is 0 Å². The second-order valence-corrected chi connectivity index (χ2v) is 6.48. The fraction of sp³-hybridized carbons (Fsp3) is 0.316. The van der Waals surface area contributed by atoms with E-state index in [1.807, 2.05) is 69.2 Å². The van der Waals surface area contributed by atoms with E-state index in [1.165, 1.54) is 0 Å². The van der Waals surface area contributed by atoms with Crippen LogP contribution in [-0.2, 0) is 11.8 Å². The maximum atomic E-state index is 12.3. The predicted molar refractivity (Wildman–Crippen MR) is 102 cm³/mol. The van der Waals surface area contributed by atoms with Gasteiger partial charge in [0, 0.05) is 18.7 Å². The highest BCUT2D eigenvalue weighted by molar-refractivity contribution is 5.92. The van der Waals surface area contributed by atoms with E-state index in [4.69, 9.17) is 0 Å². The summed E-state index contributed by atoms with van der Waals surface area (Å²) in [6.45, 7) is 4.24. The molecule has 7 nitrogen and oxygen atoms in total. The van der Waals surface area contributed by atoms with Crippen molar-refractivity contribution in [1.82, 2.24) is 24.9 Å². The van der Waals surface area contributed by atoms with E-state index in [2.05, 4.69) is 20.6 Å². The Morgan fingerprint density at radius 3 is 2.73 bits per heavy atom. The van der Waals surface area contributed by atoms with Crippen molar-refractivity contribution in [2.24, 2.45) is 7.05 Å². The van der Waals surface area contributed by atoms with Gasteiger partial charge in [0.2, 0.25) is 5.91 Å². The summed E-state index contributed by atoms with van der Waals surface area (Å²) in [4.78, 5) is 14.3. The van der Waals surface area contributed by atoms with Crippen LogP contribution in [0.4, 0.5) is 5.69 Å². The van der Waals surface area contributed by atoms with Gasteiger partial charge in [-0.15, -0.1) is 0 Å². The van der Waals surface area contributed by atoms with Gasteiger partial charge in [-0.2, -0.15) is 10.2 Å². The molecule has 0 saturated heterocycles. The second kappa shape index (κ2) is 7.53. The molecule has 26 heavy (non-hydrogen) atoms. The number of hydrogen-bond donors (Lipinski definition) is 2. The Bertz CT molecular complexity index is 883. The largest absolute Gasteiger partial charge is 0.322 e. The molecule has 2 heterocycles. The summed E-state index contributed by atoms with van der Waals surface area (Å²) in [6.07, 6.45) is 1.66. The Morgan fingerprint density at radius 2 is 2.08 bits per heavy atom. The molecule has 0 radical (unpaired) electrons. The SMILES string of the molecule is Cc1c(NC(=O)CN(C)C(C)c2cc(-c3ccccc3)n[nH]2)cnn1C. The number of carbonyl (C=O) groups excluding carboxylic acids is 1. The molecule has 0 bridgehead atoms. The number of nitrogens with zero attached hydrogens (tertiary/aromatic N) is 4. The van der Waals surface area contributed by atoms with Crippen LogP contribution in [-0.4, -0.2) is 44.4 Å². The summed E-state index contributed by atoms with van der Waals surface area (Å²) in [5, 5.41) is 14.5. The third kappa shape index (κ3) is 3.83. The molecule has 2 aromatic heterocycles. The van der Waals surface area contributed by atoms with Crippen molar-refractivity contribution >= 4 is 11.6 Å². The summed E-state index contributed by atoms with van der Waals surface area (Å²) in [5.74, 6) is -0.0711. The van der Waals surface area contributed by atoms with Gasteiger partial charge in [-0.05, 0) is 27.0 Å². The molecule has 0 spiro atoms. The lowest BCUT2D eigenvalue weighted by Gasteiger charge is -2.22. The maximum Gasteiger partial charge on any atom is 0.238 e. The fourth-order valence-electron chi connectivity index (χ4n) is 2.72. The summed E-state index contributed by atoms with van der Waals surface area (Å²) < 4.78 is 1.73. The van der Waals surface area contributed by atoms with Crippen LogP contribution in [0.25, 0.3) is 11.3 Å². The van der Waals surface area contributed by atoms with Crippen LogP contribution >= 0.6 is 0 Å². The zero-order valence-corrected chi connectivity index (χ0v) is 15.5. The van der Waals surface area contributed by atoms with Gasteiger partial charge in [-0.3, -0.25) is 19.5 Å². The minimum atomic E-state index is -0.0711. The lowest BCUT2D eigenvalue weighted by molar-refractivity contribution is -0.117. The van der Waals surface area contributed by atoms with Crippen LogP contribution in [0.3, 0.4) is 0 Å². The molecule has 0 aliphatic heterocycles. The molecule has 0 fully saturated rings. The Kier molecular flexibility index (Phi) is 5.18. The van der Waals surface area contributed by atoms with Crippen LogP contribution in [0.2, 0.25) is 0 Å². The number of H-pyrrole nitrogens is 1. The number of aromatic amines is 1. The lowest BCUT2D eigenvalue weighted by Crippen LogP contribution is -2.32. The second-order valence-electron chi connectivity index (χ2n) is 6.48. The van der Waals surface area contributed by atoms with E-state index < -0.39 is 0 Å². The predicted octanol–water partition coefficient (Wildman–Crippen LogP) is 2.75. The van der Waals surface area contributed by atoms with E-state index in [9.17, 15) is 4.79 Å². The zero-order chi connectivity index (χ0) is 18.7. The number of likely N-dealkylation sites (N-methyl/N-ethyl adjacent to an activating group) is 1. The Hall–Kier alpha value is -2.93. The van der Waals surface area contributed by atoms with E-state index in [0.717, 1.165) is 28.3 Å². The van der Waals surface area contributed by atoms with Gasteiger partial charge < -0.3 is 5.32 Å². The van der Waals surface area contributed by atoms with Crippen LogP contribution in [0, 0.1) is 6.92 Å². The van der Waals surface area contributed by atoms with Crippen LogP contribution in [0.1, 0.15) is 24.4 Å². The normalized spacial score (nSPS) is 12.3. The van der Waals surface area contributed by atoms with Crippen molar-refractivity contribution in [1.29, 1.82) is 0 Å². The van der Waals surface area contributed by atoms with Crippen LogP contribution < -0.4 is 5.32 Å². The molecule has 1 amide bonds. The quantitative estimate of drug-likeness (QED) is 0.715.